The van der Waals surface area contributed by atoms with Gasteiger partial charge in [-0.05, 0) is 54.4 Å². The molecule has 7 heteroatoms. The normalized spacial score (nSPS) is 11.1. The van der Waals surface area contributed by atoms with Crippen molar-refractivity contribution in [1.29, 1.82) is 0 Å². The van der Waals surface area contributed by atoms with Crippen LogP contribution in [0.2, 0.25) is 0 Å². The molecular formula is C22H22N2O3S2. The molecule has 0 spiro atoms. The number of anilines is 2. The molecule has 29 heavy (non-hydrogen) atoms. The lowest BCUT2D eigenvalue weighted by Gasteiger charge is -2.10. The fourth-order valence-electron chi connectivity index (χ4n) is 2.67. The van der Waals surface area contributed by atoms with E-state index in [0.29, 0.717) is 17.1 Å². The number of thioether (sulfide) groups is 1. The Labute approximate surface area is 175 Å². The van der Waals surface area contributed by atoms with Crippen LogP contribution in [-0.4, -0.2) is 20.1 Å². The van der Waals surface area contributed by atoms with Crippen molar-refractivity contribution in [2.24, 2.45) is 0 Å². The number of carbonyl (C=O) groups is 1. The van der Waals surface area contributed by atoms with E-state index in [1.165, 1.54) is 29.5 Å². The molecule has 0 atom stereocenters. The van der Waals surface area contributed by atoms with E-state index in [-0.39, 0.29) is 10.8 Å². The molecule has 0 unspecified atom stereocenters. The van der Waals surface area contributed by atoms with Gasteiger partial charge < -0.3 is 5.32 Å². The quantitative estimate of drug-likeness (QED) is 0.549. The maximum atomic E-state index is 12.5. The highest BCUT2D eigenvalue weighted by molar-refractivity contribution is 7.99. The van der Waals surface area contributed by atoms with Crippen LogP contribution >= 0.6 is 11.8 Å². The van der Waals surface area contributed by atoms with Crippen LogP contribution in [0.5, 0.6) is 0 Å². The van der Waals surface area contributed by atoms with Crippen molar-refractivity contribution >= 4 is 39.1 Å². The Kier molecular flexibility index (Phi) is 6.95. The number of carbonyl (C=O) groups excluding carboxylic acids is 1. The van der Waals surface area contributed by atoms with Crippen LogP contribution in [0.4, 0.5) is 11.4 Å². The number of benzene rings is 3. The van der Waals surface area contributed by atoms with Crippen molar-refractivity contribution in [3.05, 3.63) is 90.0 Å². The highest BCUT2D eigenvalue weighted by Gasteiger charge is 2.14. The second kappa shape index (κ2) is 9.62. The van der Waals surface area contributed by atoms with Crippen molar-refractivity contribution < 1.29 is 13.2 Å². The zero-order chi connectivity index (χ0) is 20.7. The third-order valence-electron chi connectivity index (χ3n) is 4.06. The minimum atomic E-state index is -3.69. The molecule has 150 valence electrons. The number of nitrogens with one attached hydrogen (secondary N) is 2. The number of amides is 1. The van der Waals surface area contributed by atoms with Crippen molar-refractivity contribution in [1.82, 2.24) is 0 Å². The largest absolute Gasteiger partial charge is 0.325 e. The SMILES string of the molecule is Cc1cccc(NS(=O)(=O)c2ccc(NC(=O)CSCc3ccccc3)cc2)c1. The molecule has 0 saturated carbocycles. The number of hydrogen-bond acceptors (Lipinski definition) is 4. The highest BCUT2D eigenvalue weighted by Crippen LogP contribution is 2.19. The molecule has 0 bridgehead atoms. The van der Waals surface area contributed by atoms with Crippen molar-refractivity contribution in [2.45, 2.75) is 17.6 Å². The predicted molar refractivity (Wildman–Crippen MR) is 120 cm³/mol. The number of rotatable bonds is 8. The molecule has 2 N–H and O–H groups in total. The minimum Gasteiger partial charge on any atom is -0.325 e. The van der Waals surface area contributed by atoms with Crippen LogP contribution in [-0.2, 0) is 20.6 Å². The van der Waals surface area contributed by atoms with E-state index in [2.05, 4.69) is 10.0 Å². The summed E-state index contributed by atoms with van der Waals surface area (Å²) < 4.78 is 27.6. The van der Waals surface area contributed by atoms with Gasteiger partial charge in [-0.1, -0.05) is 42.5 Å². The molecule has 3 aromatic carbocycles. The van der Waals surface area contributed by atoms with Gasteiger partial charge in [0.15, 0.2) is 0 Å². The van der Waals surface area contributed by atoms with Gasteiger partial charge in [0.05, 0.1) is 10.6 Å². The van der Waals surface area contributed by atoms with E-state index in [1.54, 1.807) is 30.3 Å². The highest BCUT2D eigenvalue weighted by atomic mass is 32.2. The summed E-state index contributed by atoms with van der Waals surface area (Å²) in [4.78, 5) is 12.2. The topological polar surface area (TPSA) is 75.3 Å². The molecule has 0 radical (unpaired) electrons. The molecule has 0 fully saturated rings. The summed E-state index contributed by atoms with van der Waals surface area (Å²) in [5.41, 5.74) is 3.21. The third kappa shape index (κ3) is 6.37. The summed E-state index contributed by atoms with van der Waals surface area (Å²) in [7, 11) is -3.69. The van der Waals surface area contributed by atoms with Crippen LogP contribution in [0.3, 0.4) is 0 Å². The molecule has 5 nitrogen and oxygen atoms in total. The first-order chi connectivity index (χ1) is 13.9. The van der Waals surface area contributed by atoms with Gasteiger partial charge in [0, 0.05) is 17.1 Å². The lowest BCUT2D eigenvalue weighted by atomic mass is 10.2. The zero-order valence-electron chi connectivity index (χ0n) is 16.0. The molecule has 3 aromatic rings. The van der Waals surface area contributed by atoms with Gasteiger partial charge in [0.1, 0.15) is 0 Å². The predicted octanol–water partition coefficient (Wildman–Crippen LogP) is 4.67. The van der Waals surface area contributed by atoms with E-state index in [1.807, 2.05) is 43.3 Å². The molecule has 3 rings (SSSR count). The fourth-order valence-corrected chi connectivity index (χ4v) is 4.51. The maximum absolute atomic E-state index is 12.5. The van der Waals surface area contributed by atoms with E-state index < -0.39 is 10.0 Å². The molecule has 0 aliphatic carbocycles. The number of sulfonamides is 1. The van der Waals surface area contributed by atoms with Gasteiger partial charge in [0.25, 0.3) is 10.0 Å². The monoisotopic (exact) mass is 426 g/mol. The molecule has 0 heterocycles. The first-order valence-electron chi connectivity index (χ1n) is 9.03. The van der Waals surface area contributed by atoms with Crippen LogP contribution in [0.25, 0.3) is 0 Å². The first-order valence-corrected chi connectivity index (χ1v) is 11.7. The van der Waals surface area contributed by atoms with Gasteiger partial charge in [-0.15, -0.1) is 11.8 Å². The Morgan fingerprint density at radius 1 is 0.897 bits per heavy atom. The Morgan fingerprint density at radius 2 is 1.62 bits per heavy atom. The molecule has 0 aliphatic heterocycles. The molecule has 0 aliphatic rings. The van der Waals surface area contributed by atoms with Gasteiger partial charge in [-0.25, -0.2) is 8.42 Å². The summed E-state index contributed by atoms with van der Waals surface area (Å²) in [5, 5.41) is 2.79. The number of aryl methyl sites for hydroxylation is 1. The lowest BCUT2D eigenvalue weighted by Crippen LogP contribution is -2.15. The molecule has 0 saturated heterocycles. The summed E-state index contributed by atoms with van der Waals surface area (Å²) in [5.74, 6) is 0.958. The van der Waals surface area contributed by atoms with E-state index in [4.69, 9.17) is 0 Å². The van der Waals surface area contributed by atoms with Crippen LogP contribution in [0.15, 0.2) is 83.8 Å². The zero-order valence-corrected chi connectivity index (χ0v) is 17.6. The summed E-state index contributed by atoms with van der Waals surface area (Å²) in [6.45, 7) is 1.90. The number of hydrogen-bond donors (Lipinski definition) is 2. The van der Waals surface area contributed by atoms with E-state index in [0.717, 1.165) is 11.3 Å². The smallest absolute Gasteiger partial charge is 0.261 e. The Balaban J connectivity index is 1.54. The van der Waals surface area contributed by atoms with E-state index >= 15 is 0 Å². The van der Waals surface area contributed by atoms with Gasteiger partial charge in [-0.2, -0.15) is 0 Å². The van der Waals surface area contributed by atoms with Crippen LogP contribution < -0.4 is 10.0 Å². The first kappa shape index (κ1) is 21.0. The van der Waals surface area contributed by atoms with Crippen LogP contribution in [0, 0.1) is 6.92 Å². The fraction of sp³-hybridized carbons (Fsp3) is 0.136. The maximum Gasteiger partial charge on any atom is 0.261 e. The van der Waals surface area contributed by atoms with Gasteiger partial charge >= 0.3 is 0 Å². The Morgan fingerprint density at radius 3 is 2.31 bits per heavy atom. The standard InChI is InChI=1S/C22H22N2O3S2/c1-17-6-5-9-20(14-17)24-29(26,27)21-12-10-19(11-13-21)23-22(25)16-28-15-18-7-3-2-4-8-18/h2-14,24H,15-16H2,1H3,(H,23,25). The van der Waals surface area contributed by atoms with Gasteiger partial charge in [0.2, 0.25) is 5.91 Å². The molecular weight excluding hydrogens is 404 g/mol. The van der Waals surface area contributed by atoms with E-state index in [9.17, 15) is 13.2 Å². The summed E-state index contributed by atoms with van der Waals surface area (Å²) in [6, 6.07) is 23.2. The lowest BCUT2D eigenvalue weighted by molar-refractivity contribution is -0.113. The second-order valence-corrected chi connectivity index (χ2v) is 9.19. The molecule has 0 aromatic heterocycles. The van der Waals surface area contributed by atoms with Gasteiger partial charge in [-0.3, -0.25) is 9.52 Å². The summed E-state index contributed by atoms with van der Waals surface area (Å²) >= 11 is 1.53. The third-order valence-corrected chi connectivity index (χ3v) is 6.46. The average Bonchev–Trinajstić information content (AvgIpc) is 2.69. The Hall–Kier alpha value is -2.77. The van der Waals surface area contributed by atoms with Crippen LogP contribution in [0.1, 0.15) is 11.1 Å². The molecule has 1 amide bonds. The van der Waals surface area contributed by atoms with Crippen molar-refractivity contribution in [3.8, 4) is 0 Å². The minimum absolute atomic E-state index is 0.126. The second-order valence-electron chi connectivity index (χ2n) is 6.53. The van der Waals surface area contributed by atoms with Crippen molar-refractivity contribution in [3.63, 3.8) is 0 Å². The summed E-state index contributed by atoms with van der Waals surface area (Å²) in [6.07, 6.45) is 0. The Bertz CT molecular complexity index is 1070. The average molecular weight is 427 g/mol. The van der Waals surface area contributed by atoms with Crippen molar-refractivity contribution in [2.75, 3.05) is 15.8 Å².